The zero-order chi connectivity index (χ0) is 17.6. The zero-order valence-corrected chi connectivity index (χ0v) is 15.5. The smallest absolute Gasteiger partial charge is 0.258 e. The highest BCUT2D eigenvalue weighted by molar-refractivity contribution is 6.30. The third-order valence-electron chi connectivity index (χ3n) is 5.50. The Labute approximate surface area is 154 Å². The number of likely N-dealkylation sites (tertiary alicyclic amines) is 1. The SMILES string of the molecule is Cc1ccc2c(c1)[C@@H]1CN(C)CCC[C@H]1N2C(=O)c1ccc(Cl)cc1. The van der Waals surface area contributed by atoms with Crippen molar-refractivity contribution < 1.29 is 4.79 Å². The molecule has 1 saturated heterocycles. The van der Waals surface area contributed by atoms with E-state index in [1.54, 1.807) is 12.1 Å². The van der Waals surface area contributed by atoms with Crippen LogP contribution < -0.4 is 4.90 Å². The Morgan fingerprint density at radius 3 is 2.68 bits per heavy atom. The maximum Gasteiger partial charge on any atom is 0.258 e. The zero-order valence-electron chi connectivity index (χ0n) is 14.7. The molecule has 0 bridgehead atoms. The van der Waals surface area contributed by atoms with Crippen LogP contribution >= 0.6 is 11.6 Å². The fourth-order valence-electron chi connectivity index (χ4n) is 4.30. The molecule has 2 aliphatic rings. The summed E-state index contributed by atoms with van der Waals surface area (Å²) in [7, 11) is 2.18. The van der Waals surface area contributed by atoms with Gasteiger partial charge in [0.1, 0.15) is 0 Å². The van der Waals surface area contributed by atoms with Gasteiger partial charge in [-0.05, 0) is 69.3 Å². The molecule has 1 amide bonds. The molecule has 4 heteroatoms. The van der Waals surface area contributed by atoms with Crippen molar-refractivity contribution >= 4 is 23.2 Å². The molecule has 2 atom stereocenters. The monoisotopic (exact) mass is 354 g/mol. The van der Waals surface area contributed by atoms with Gasteiger partial charge in [0.25, 0.3) is 5.91 Å². The van der Waals surface area contributed by atoms with Crippen molar-refractivity contribution in [1.82, 2.24) is 4.90 Å². The number of aryl methyl sites for hydroxylation is 1. The van der Waals surface area contributed by atoms with Gasteiger partial charge in [0.05, 0.1) is 0 Å². The average molecular weight is 355 g/mol. The first-order chi connectivity index (χ1) is 12.0. The van der Waals surface area contributed by atoms with E-state index >= 15 is 0 Å². The van der Waals surface area contributed by atoms with Crippen LogP contribution in [0.2, 0.25) is 5.02 Å². The van der Waals surface area contributed by atoms with Crippen molar-refractivity contribution in [2.24, 2.45) is 0 Å². The third kappa shape index (κ3) is 2.96. The van der Waals surface area contributed by atoms with Crippen LogP contribution in [0.15, 0.2) is 42.5 Å². The largest absolute Gasteiger partial charge is 0.306 e. The van der Waals surface area contributed by atoms with Gasteiger partial charge in [0, 0.05) is 34.8 Å². The molecule has 2 aliphatic heterocycles. The molecule has 0 unspecified atom stereocenters. The summed E-state index contributed by atoms with van der Waals surface area (Å²) in [5, 5.41) is 0.656. The summed E-state index contributed by atoms with van der Waals surface area (Å²) in [5.74, 6) is 0.470. The van der Waals surface area contributed by atoms with Gasteiger partial charge in [-0.1, -0.05) is 29.3 Å². The van der Waals surface area contributed by atoms with Gasteiger partial charge in [-0.3, -0.25) is 4.79 Å². The minimum atomic E-state index is 0.0822. The molecule has 2 aromatic carbocycles. The van der Waals surface area contributed by atoms with Crippen molar-refractivity contribution in [1.29, 1.82) is 0 Å². The molecular formula is C21H23ClN2O. The Hall–Kier alpha value is -1.84. The van der Waals surface area contributed by atoms with Crippen LogP contribution in [0.1, 0.15) is 40.2 Å². The third-order valence-corrected chi connectivity index (χ3v) is 5.75. The Kier molecular flexibility index (Phi) is 4.30. The van der Waals surface area contributed by atoms with Crippen molar-refractivity contribution in [3.8, 4) is 0 Å². The summed E-state index contributed by atoms with van der Waals surface area (Å²) >= 11 is 5.99. The summed E-state index contributed by atoms with van der Waals surface area (Å²) in [5.41, 5.74) is 4.36. The summed E-state index contributed by atoms with van der Waals surface area (Å²) in [6.07, 6.45) is 2.16. The molecule has 0 aromatic heterocycles. The van der Waals surface area contributed by atoms with E-state index in [1.807, 2.05) is 17.0 Å². The lowest BCUT2D eigenvalue weighted by Crippen LogP contribution is -2.40. The minimum Gasteiger partial charge on any atom is -0.306 e. The second kappa shape index (κ2) is 6.47. The number of hydrogen-bond acceptors (Lipinski definition) is 2. The molecular weight excluding hydrogens is 332 g/mol. The van der Waals surface area contributed by atoms with E-state index < -0.39 is 0 Å². The number of likely N-dealkylation sites (N-methyl/N-ethyl adjacent to an activating group) is 1. The number of halogens is 1. The van der Waals surface area contributed by atoms with Crippen molar-refractivity contribution in [3.05, 3.63) is 64.2 Å². The first-order valence-electron chi connectivity index (χ1n) is 8.93. The fourth-order valence-corrected chi connectivity index (χ4v) is 4.42. The highest BCUT2D eigenvalue weighted by Crippen LogP contribution is 2.45. The molecule has 3 nitrogen and oxygen atoms in total. The summed E-state index contributed by atoms with van der Waals surface area (Å²) in [6, 6.07) is 14.0. The van der Waals surface area contributed by atoms with Gasteiger partial charge < -0.3 is 9.80 Å². The molecule has 25 heavy (non-hydrogen) atoms. The van der Waals surface area contributed by atoms with Crippen LogP contribution in [-0.2, 0) is 0 Å². The number of nitrogens with zero attached hydrogens (tertiary/aromatic N) is 2. The van der Waals surface area contributed by atoms with Crippen molar-refractivity contribution in [2.45, 2.75) is 31.7 Å². The van der Waals surface area contributed by atoms with Gasteiger partial charge >= 0.3 is 0 Å². The quantitative estimate of drug-likeness (QED) is 0.753. The standard InChI is InChI=1S/C21H23ClN2O/c1-14-5-10-20-17(12-14)18-13-23(2)11-3-4-19(18)24(20)21(25)15-6-8-16(22)9-7-15/h5-10,12,18-19H,3-4,11,13H2,1-2H3/t18-,19+/m0/s1. The Morgan fingerprint density at radius 1 is 1.16 bits per heavy atom. The number of anilines is 1. The number of amides is 1. The van der Waals surface area contributed by atoms with E-state index in [0.717, 1.165) is 31.6 Å². The molecule has 2 heterocycles. The first kappa shape index (κ1) is 16.6. The molecule has 0 N–H and O–H groups in total. The lowest BCUT2D eigenvalue weighted by atomic mass is 9.92. The van der Waals surface area contributed by atoms with Crippen LogP contribution in [0.5, 0.6) is 0 Å². The average Bonchev–Trinajstić information content (AvgIpc) is 2.74. The van der Waals surface area contributed by atoms with E-state index in [1.165, 1.54) is 11.1 Å². The van der Waals surface area contributed by atoms with Crippen LogP contribution in [0.3, 0.4) is 0 Å². The minimum absolute atomic E-state index is 0.0822. The molecule has 2 aromatic rings. The second-order valence-corrected chi connectivity index (χ2v) is 7.76. The van der Waals surface area contributed by atoms with E-state index in [4.69, 9.17) is 11.6 Å². The predicted molar refractivity (Wildman–Crippen MR) is 103 cm³/mol. The van der Waals surface area contributed by atoms with Gasteiger partial charge in [-0.25, -0.2) is 0 Å². The number of benzene rings is 2. The maximum absolute atomic E-state index is 13.3. The Bertz CT molecular complexity index is 802. The Morgan fingerprint density at radius 2 is 1.92 bits per heavy atom. The molecule has 0 saturated carbocycles. The lowest BCUT2D eigenvalue weighted by molar-refractivity contribution is 0.0976. The molecule has 130 valence electrons. The van der Waals surface area contributed by atoms with Gasteiger partial charge in [-0.15, -0.1) is 0 Å². The van der Waals surface area contributed by atoms with Crippen LogP contribution in [0.4, 0.5) is 5.69 Å². The summed E-state index contributed by atoms with van der Waals surface area (Å²) in [6.45, 7) is 4.22. The van der Waals surface area contributed by atoms with E-state index in [2.05, 4.69) is 37.1 Å². The number of hydrogen-bond donors (Lipinski definition) is 0. The molecule has 4 rings (SSSR count). The molecule has 1 fully saturated rings. The fraction of sp³-hybridized carbons (Fsp3) is 0.381. The second-order valence-electron chi connectivity index (χ2n) is 7.32. The first-order valence-corrected chi connectivity index (χ1v) is 9.30. The van der Waals surface area contributed by atoms with E-state index in [-0.39, 0.29) is 11.9 Å². The summed E-state index contributed by atoms with van der Waals surface area (Å²) < 4.78 is 0. The lowest BCUT2D eigenvalue weighted by Gasteiger charge is -2.28. The number of carbonyl (C=O) groups excluding carboxylic acids is 1. The maximum atomic E-state index is 13.3. The normalized spacial score (nSPS) is 23.1. The highest BCUT2D eigenvalue weighted by atomic mass is 35.5. The number of rotatable bonds is 1. The van der Waals surface area contributed by atoms with Crippen molar-refractivity contribution in [2.75, 3.05) is 25.0 Å². The topological polar surface area (TPSA) is 23.6 Å². The van der Waals surface area contributed by atoms with E-state index in [9.17, 15) is 4.79 Å². The summed E-state index contributed by atoms with van der Waals surface area (Å²) in [4.78, 5) is 17.8. The van der Waals surface area contributed by atoms with E-state index in [0.29, 0.717) is 16.5 Å². The van der Waals surface area contributed by atoms with Crippen LogP contribution in [0.25, 0.3) is 0 Å². The van der Waals surface area contributed by atoms with Gasteiger partial charge in [0.2, 0.25) is 0 Å². The Balaban J connectivity index is 1.78. The van der Waals surface area contributed by atoms with Crippen LogP contribution in [0, 0.1) is 6.92 Å². The van der Waals surface area contributed by atoms with Gasteiger partial charge in [0.15, 0.2) is 0 Å². The molecule has 0 radical (unpaired) electrons. The number of fused-ring (bicyclic) bond motifs is 3. The number of carbonyl (C=O) groups is 1. The van der Waals surface area contributed by atoms with Crippen molar-refractivity contribution in [3.63, 3.8) is 0 Å². The highest BCUT2D eigenvalue weighted by Gasteiger charge is 2.42. The van der Waals surface area contributed by atoms with Gasteiger partial charge in [-0.2, -0.15) is 0 Å². The molecule has 0 spiro atoms. The molecule has 0 aliphatic carbocycles. The van der Waals surface area contributed by atoms with Crippen LogP contribution in [-0.4, -0.2) is 37.0 Å². The predicted octanol–water partition coefficient (Wildman–Crippen LogP) is 4.49.